The van der Waals surface area contributed by atoms with Gasteiger partial charge in [0.25, 0.3) is 0 Å². The first kappa shape index (κ1) is 14.2. The van der Waals surface area contributed by atoms with E-state index in [4.69, 9.17) is 5.84 Å². The van der Waals surface area contributed by atoms with Crippen LogP contribution in [0.4, 0.5) is 0 Å². The molecule has 1 rings (SSSR count). The van der Waals surface area contributed by atoms with Gasteiger partial charge in [-0.2, -0.15) is 0 Å². The quantitative estimate of drug-likeness (QED) is 0.581. The van der Waals surface area contributed by atoms with E-state index in [0.29, 0.717) is 6.04 Å². The Morgan fingerprint density at radius 2 is 2.00 bits per heavy atom. The molecule has 0 saturated heterocycles. The van der Waals surface area contributed by atoms with E-state index in [1.165, 1.54) is 16.7 Å². The number of hydrogen-bond donors (Lipinski definition) is 2. The molecule has 1 atom stereocenters. The van der Waals surface area contributed by atoms with Gasteiger partial charge in [-0.1, -0.05) is 23.8 Å². The molecule has 0 spiro atoms. The van der Waals surface area contributed by atoms with Crippen LogP contribution in [-0.4, -0.2) is 31.6 Å². The molecule has 0 aliphatic rings. The van der Waals surface area contributed by atoms with Crippen molar-refractivity contribution in [2.75, 3.05) is 20.6 Å². The lowest BCUT2D eigenvalue weighted by Gasteiger charge is -2.19. The van der Waals surface area contributed by atoms with E-state index in [1.54, 1.807) is 0 Å². The Morgan fingerprint density at radius 1 is 1.29 bits per heavy atom. The number of nitrogens with zero attached hydrogens (tertiary/aromatic N) is 1. The molecule has 0 radical (unpaired) electrons. The zero-order chi connectivity index (χ0) is 12.8. The summed E-state index contributed by atoms with van der Waals surface area (Å²) >= 11 is 0. The monoisotopic (exact) mass is 235 g/mol. The summed E-state index contributed by atoms with van der Waals surface area (Å²) in [6, 6.07) is 6.95. The van der Waals surface area contributed by atoms with Crippen molar-refractivity contribution in [1.82, 2.24) is 10.3 Å². The number of hydrazine groups is 1. The van der Waals surface area contributed by atoms with E-state index in [2.05, 4.69) is 56.5 Å². The highest BCUT2D eigenvalue weighted by molar-refractivity contribution is 5.31. The van der Waals surface area contributed by atoms with Crippen molar-refractivity contribution in [3.05, 3.63) is 34.9 Å². The lowest BCUT2D eigenvalue weighted by molar-refractivity contribution is 0.358. The maximum Gasteiger partial charge on any atom is 0.0263 e. The Morgan fingerprint density at radius 3 is 2.59 bits per heavy atom. The molecule has 1 aromatic carbocycles. The molecular weight excluding hydrogens is 210 g/mol. The lowest BCUT2D eigenvalue weighted by Crippen LogP contribution is -2.39. The molecule has 0 heterocycles. The van der Waals surface area contributed by atoms with Gasteiger partial charge in [0.1, 0.15) is 0 Å². The van der Waals surface area contributed by atoms with Crippen LogP contribution in [-0.2, 0) is 6.42 Å². The second kappa shape index (κ2) is 6.74. The number of nitrogens with one attached hydrogen (secondary N) is 1. The van der Waals surface area contributed by atoms with Crippen LogP contribution in [0.2, 0.25) is 0 Å². The number of rotatable bonds is 6. The topological polar surface area (TPSA) is 41.3 Å². The molecule has 0 aliphatic carbocycles. The highest BCUT2D eigenvalue weighted by Crippen LogP contribution is 2.13. The molecule has 1 aromatic rings. The van der Waals surface area contributed by atoms with Crippen molar-refractivity contribution in [1.29, 1.82) is 0 Å². The maximum absolute atomic E-state index is 5.63. The summed E-state index contributed by atoms with van der Waals surface area (Å²) in [6.07, 6.45) is 2.06. The van der Waals surface area contributed by atoms with E-state index < -0.39 is 0 Å². The predicted octanol–water partition coefficient (Wildman–Crippen LogP) is 1.63. The fourth-order valence-corrected chi connectivity index (χ4v) is 1.94. The van der Waals surface area contributed by atoms with E-state index >= 15 is 0 Å². The van der Waals surface area contributed by atoms with Gasteiger partial charge in [0.15, 0.2) is 0 Å². The van der Waals surface area contributed by atoms with Crippen LogP contribution >= 0.6 is 0 Å². The molecule has 3 nitrogen and oxygen atoms in total. The third kappa shape index (κ3) is 4.86. The van der Waals surface area contributed by atoms with Gasteiger partial charge in [-0.15, -0.1) is 0 Å². The van der Waals surface area contributed by atoms with Crippen molar-refractivity contribution in [3.8, 4) is 0 Å². The van der Waals surface area contributed by atoms with E-state index in [1.807, 2.05) is 0 Å². The molecule has 17 heavy (non-hydrogen) atoms. The summed E-state index contributed by atoms with van der Waals surface area (Å²) < 4.78 is 0. The van der Waals surface area contributed by atoms with E-state index in [0.717, 1.165) is 19.4 Å². The molecule has 3 heteroatoms. The zero-order valence-electron chi connectivity index (χ0n) is 11.5. The van der Waals surface area contributed by atoms with Crippen molar-refractivity contribution in [2.24, 2.45) is 5.84 Å². The van der Waals surface area contributed by atoms with Crippen molar-refractivity contribution < 1.29 is 0 Å². The number of aryl methyl sites for hydroxylation is 2. The van der Waals surface area contributed by atoms with Crippen LogP contribution in [0.3, 0.4) is 0 Å². The zero-order valence-corrected chi connectivity index (χ0v) is 11.5. The minimum Gasteiger partial charge on any atom is -0.309 e. The fraction of sp³-hybridized carbons (Fsp3) is 0.571. The lowest BCUT2D eigenvalue weighted by atomic mass is 9.97. The van der Waals surface area contributed by atoms with Crippen molar-refractivity contribution in [3.63, 3.8) is 0 Å². The standard InChI is InChI=1S/C14H25N3/c1-11-5-6-12(2)13(9-11)10-14(16-15)7-8-17(3)4/h5-6,9,14,16H,7-8,10,15H2,1-4H3. The van der Waals surface area contributed by atoms with Gasteiger partial charge in [0.2, 0.25) is 0 Å². The van der Waals surface area contributed by atoms with Crippen molar-refractivity contribution in [2.45, 2.75) is 32.7 Å². The summed E-state index contributed by atoms with van der Waals surface area (Å²) in [5.41, 5.74) is 6.98. The highest BCUT2D eigenvalue weighted by atomic mass is 15.2. The minimum absolute atomic E-state index is 0.345. The summed E-state index contributed by atoms with van der Waals surface area (Å²) in [5, 5.41) is 0. The minimum atomic E-state index is 0.345. The molecule has 0 fully saturated rings. The van der Waals surface area contributed by atoms with Crippen LogP contribution in [0.25, 0.3) is 0 Å². The van der Waals surface area contributed by atoms with Crippen molar-refractivity contribution >= 4 is 0 Å². The smallest absolute Gasteiger partial charge is 0.0263 e. The molecule has 96 valence electrons. The van der Waals surface area contributed by atoms with Gasteiger partial charge in [-0.25, -0.2) is 0 Å². The molecule has 0 saturated carbocycles. The predicted molar refractivity (Wildman–Crippen MR) is 73.9 cm³/mol. The molecular formula is C14H25N3. The Kier molecular flexibility index (Phi) is 5.62. The number of nitrogens with two attached hydrogens (primary N) is 1. The first-order valence-corrected chi connectivity index (χ1v) is 6.20. The first-order valence-electron chi connectivity index (χ1n) is 6.20. The molecule has 0 aliphatic heterocycles. The van der Waals surface area contributed by atoms with Crippen LogP contribution in [0.5, 0.6) is 0 Å². The first-order chi connectivity index (χ1) is 8.02. The molecule has 0 amide bonds. The van der Waals surface area contributed by atoms with Crippen LogP contribution in [0.15, 0.2) is 18.2 Å². The summed E-state index contributed by atoms with van der Waals surface area (Å²) in [5.74, 6) is 5.63. The average Bonchev–Trinajstić information content (AvgIpc) is 2.28. The van der Waals surface area contributed by atoms with E-state index in [-0.39, 0.29) is 0 Å². The van der Waals surface area contributed by atoms with Crippen LogP contribution < -0.4 is 11.3 Å². The SMILES string of the molecule is Cc1ccc(C)c(CC(CCN(C)C)NN)c1. The van der Waals surface area contributed by atoms with Gasteiger partial charge in [0, 0.05) is 6.04 Å². The summed E-state index contributed by atoms with van der Waals surface area (Å²) in [7, 11) is 4.18. The van der Waals surface area contributed by atoms with Gasteiger partial charge < -0.3 is 4.90 Å². The summed E-state index contributed by atoms with van der Waals surface area (Å²) in [4.78, 5) is 2.19. The van der Waals surface area contributed by atoms with Crippen LogP contribution in [0, 0.1) is 13.8 Å². The largest absolute Gasteiger partial charge is 0.309 e. The Bertz CT molecular complexity index is 347. The third-order valence-electron chi connectivity index (χ3n) is 3.13. The van der Waals surface area contributed by atoms with Crippen LogP contribution in [0.1, 0.15) is 23.1 Å². The molecule has 3 N–H and O–H groups in total. The third-order valence-corrected chi connectivity index (χ3v) is 3.13. The Balaban J connectivity index is 2.63. The second-order valence-corrected chi connectivity index (χ2v) is 5.09. The van der Waals surface area contributed by atoms with E-state index in [9.17, 15) is 0 Å². The van der Waals surface area contributed by atoms with Gasteiger partial charge in [-0.3, -0.25) is 11.3 Å². The summed E-state index contributed by atoms with van der Waals surface area (Å²) in [6.45, 7) is 5.35. The highest BCUT2D eigenvalue weighted by Gasteiger charge is 2.10. The number of benzene rings is 1. The Hall–Kier alpha value is -0.900. The average molecular weight is 235 g/mol. The van der Waals surface area contributed by atoms with Gasteiger partial charge in [0.05, 0.1) is 0 Å². The molecule has 0 bridgehead atoms. The van der Waals surface area contributed by atoms with Gasteiger partial charge >= 0.3 is 0 Å². The second-order valence-electron chi connectivity index (χ2n) is 5.09. The normalized spacial score (nSPS) is 13.1. The van der Waals surface area contributed by atoms with Gasteiger partial charge in [-0.05, 0) is 58.5 Å². The molecule has 0 aromatic heterocycles. The molecule has 1 unspecified atom stereocenters. The number of hydrogen-bond acceptors (Lipinski definition) is 3. The fourth-order valence-electron chi connectivity index (χ4n) is 1.94. The Labute approximate surface area is 105 Å². The maximum atomic E-state index is 5.63.